The van der Waals surface area contributed by atoms with E-state index in [4.69, 9.17) is 11.6 Å². The first kappa shape index (κ1) is 28.2. The largest absolute Gasteiger partial charge is 0.339 e. The van der Waals surface area contributed by atoms with E-state index in [0.29, 0.717) is 18.0 Å². The number of hydrogen-bond acceptors (Lipinski definition) is 4. The van der Waals surface area contributed by atoms with Gasteiger partial charge in [0.05, 0.1) is 16.6 Å². The quantitative estimate of drug-likeness (QED) is 0.330. The van der Waals surface area contributed by atoms with Gasteiger partial charge in [0.1, 0.15) is 11.6 Å². The van der Waals surface area contributed by atoms with Gasteiger partial charge in [-0.25, -0.2) is 14.4 Å². The van der Waals surface area contributed by atoms with Crippen molar-refractivity contribution >= 4 is 23.4 Å². The summed E-state index contributed by atoms with van der Waals surface area (Å²) in [4.78, 5) is 39.7. The maximum Gasteiger partial charge on any atom is 0.258 e. The zero-order valence-corrected chi connectivity index (χ0v) is 24.3. The molecular weight excluding hydrogens is 527 g/mol. The Bertz CT molecular complexity index is 1400. The fourth-order valence-corrected chi connectivity index (χ4v) is 6.72. The summed E-state index contributed by atoms with van der Waals surface area (Å²) >= 11 is 6.22. The van der Waals surface area contributed by atoms with E-state index in [1.54, 1.807) is 4.90 Å². The Kier molecular flexibility index (Phi) is 8.22. The minimum Gasteiger partial charge on any atom is -0.339 e. The summed E-state index contributed by atoms with van der Waals surface area (Å²) in [5, 5.41) is 0.104. The highest BCUT2D eigenvalue weighted by atomic mass is 35.5. The summed E-state index contributed by atoms with van der Waals surface area (Å²) in [7, 11) is 1.89. The van der Waals surface area contributed by atoms with Crippen molar-refractivity contribution in [2.24, 2.45) is 0 Å². The molecule has 1 fully saturated rings. The topological polar surface area (TPSA) is 66.4 Å². The molecule has 0 spiro atoms. The predicted molar refractivity (Wildman–Crippen MR) is 154 cm³/mol. The summed E-state index contributed by atoms with van der Waals surface area (Å²) in [5.41, 5.74) is 4.69. The molecule has 0 radical (unpaired) electrons. The third kappa shape index (κ3) is 5.49. The smallest absolute Gasteiger partial charge is 0.258 e. The van der Waals surface area contributed by atoms with Crippen LogP contribution in [0.4, 0.5) is 4.39 Å². The molecule has 0 unspecified atom stereocenters. The summed E-state index contributed by atoms with van der Waals surface area (Å²) in [6.45, 7) is 6.22. The molecule has 2 aromatic carbocycles. The number of amides is 2. The van der Waals surface area contributed by atoms with Gasteiger partial charge in [0.2, 0.25) is 0 Å². The molecule has 210 valence electrons. The van der Waals surface area contributed by atoms with E-state index < -0.39 is 11.7 Å². The van der Waals surface area contributed by atoms with Crippen molar-refractivity contribution in [2.45, 2.75) is 77.3 Å². The molecule has 2 aliphatic carbocycles. The molecule has 3 aromatic rings. The fraction of sp³-hybridized carbons (Fsp3) is 0.438. The number of aromatic nitrogens is 2. The molecule has 8 heteroatoms. The number of rotatable bonds is 6. The van der Waals surface area contributed by atoms with Gasteiger partial charge in [-0.05, 0) is 101 Å². The van der Waals surface area contributed by atoms with Gasteiger partial charge in [-0.1, -0.05) is 23.7 Å². The molecule has 2 aliphatic rings. The van der Waals surface area contributed by atoms with Crippen LogP contribution in [0.5, 0.6) is 0 Å². The lowest BCUT2D eigenvalue weighted by Crippen LogP contribution is -2.39. The van der Waals surface area contributed by atoms with Crippen LogP contribution in [0, 0.1) is 19.7 Å². The maximum atomic E-state index is 14.6. The second-order valence-corrected chi connectivity index (χ2v) is 11.5. The van der Waals surface area contributed by atoms with Crippen molar-refractivity contribution < 1.29 is 14.0 Å². The van der Waals surface area contributed by atoms with Crippen LogP contribution in [0.2, 0.25) is 5.02 Å². The number of nitrogens with zero attached hydrogens (tertiary/aromatic N) is 4. The fourth-order valence-electron chi connectivity index (χ4n) is 6.47. The summed E-state index contributed by atoms with van der Waals surface area (Å²) in [5.74, 6) is 0.126. The van der Waals surface area contributed by atoms with Gasteiger partial charge < -0.3 is 9.80 Å². The van der Waals surface area contributed by atoms with Gasteiger partial charge >= 0.3 is 0 Å². The van der Waals surface area contributed by atoms with E-state index in [2.05, 4.69) is 16.0 Å². The highest BCUT2D eigenvalue weighted by Gasteiger charge is 2.34. The van der Waals surface area contributed by atoms with Gasteiger partial charge in [-0.3, -0.25) is 9.59 Å². The number of carbonyl (C=O) groups excluding carboxylic acids is 2. The van der Waals surface area contributed by atoms with Gasteiger partial charge in [0.15, 0.2) is 0 Å². The lowest BCUT2D eigenvalue weighted by Gasteiger charge is -2.35. The molecule has 0 aliphatic heterocycles. The maximum absolute atomic E-state index is 14.6. The highest BCUT2D eigenvalue weighted by Crippen LogP contribution is 2.39. The van der Waals surface area contributed by atoms with Crippen molar-refractivity contribution in [3.05, 3.63) is 92.8 Å². The van der Waals surface area contributed by atoms with Crippen LogP contribution in [0.25, 0.3) is 0 Å². The second kappa shape index (κ2) is 11.7. The Balaban J connectivity index is 1.31. The molecule has 1 aromatic heterocycles. The predicted octanol–water partition coefficient (Wildman–Crippen LogP) is 6.83. The zero-order valence-electron chi connectivity index (χ0n) is 23.6. The lowest BCUT2D eigenvalue weighted by molar-refractivity contribution is 0.0683. The first-order valence-corrected chi connectivity index (χ1v) is 14.5. The molecule has 0 saturated heterocycles. The normalized spacial score (nSPS) is 20.2. The van der Waals surface area contributed by atoms with E-state index in [9.17, 15) is 14.0 Å². The van der Waals surface area contributed by atoms with Crippen LogP contribution >= 0.6 is 11.6 Å². The Morgan fingerprint density at radius 3 is 2.42 bits per heavy atom. The molecule has 40 heavy (non-hydrogen) atoms. The van der Waals surface area contributed by atoms with Crippen LogP contribution < -0.4 is 0 Å². The standard InChI is InChI=1S/C32H36ClFN4O2/c1-5-38(32(40)30-26(33)7-6-8-27(30)34)29-16-13-21-9-10-23(18-25(21)29)31(39)37(4)24-14-11-22(12-15-24)28-17-19(2)35-20(3)36-28/h6-10,17-18,22,24,29H,5,11-16H2,1-4H3/t22?,24?,29-/m1/s1. The van der Waals surface area contributed by atoms with E-state index >= 15 is 0 Å². The molecule has 6 nitrogen and oxygen atoms in total. The Morgan fingerprint density at radius 1 is 1.00 bits per heavy atom. The molecule has 1 saturated carbocycles. The average Bonchev–Trinajstić information content (AvgIpc) is 3.35. The molecule has 1 heterocycles. The van der Waals surface area contributed by atoms with Crippen LogP contribution in [0.15, 0.2) is 42.5 Å². The minimum absolute atomic E-state index is 0.0165. The Labute approximate surface area is 240 Å². The van der Waals surface area contributed by atoms with E-state index in [1.807, 2.05) is 50.9 Å². The van der Waals surface area contributed by atoms with Gasteiger partial charge in [0.25, 0.3) is 11.8 Å². The number of benzene rings is 2. The van der Waals surface area contributed by atoms with Crippen LogP contribution in [-0.2, 0) is 6.42 Å². The number of hydrogen-bond donors (Lipinski definition) is 0. The van der Waals surface area contributed by atoms with E-state index in [1.165, 1.54) is 18.2 Å². The summed E-state index contributed by atoms with van der Waals surface area (Å²) in [6.07, 6.45) is 5.33. The molecule has 2 amide bonds. The minimum atomic E-state index is -0.626. The molecule has 0 N–H and O–H groups in total. The van der Waals surface area contributed by atoms with Gasteiger partial charge in [-0.15, -0.1) is 0 Å². The third-order valence-corrected chi connectivity index (χ3v) is 8.88. The second-order valence-electron chi connectivity index (χ2n) is 11.1. The number of halogens is 2. The zero-order chi connectivity index (χ0) is 28.6. The van der Waals surface area contributed by atoms with Crippen LogP contribution in [0.1, 0.15) is 100 Å². The van der Waals surface area contributed by atoms with Crippen molar-refractivity contribution in [1.82, 2.24) is 19.8 Å². The van der Waals surface area contributed by atoms with Crippen LogP contribution in [-0.4, -0.2) is 51.2 Å². The highest BCUT2D eigenvalue weighted by molar-refractivity contribution is 6.33. The summed E-state index contributed by atoms with van der Waals surface area (Å²) < 4.78 is 14.6. The van der Waals surface area contributed by atoms with Crippen molar-refractivity contribution in [3.8, 4) is 0 Å². The van der Waals surface area contributed by atoms with Crippen LogP contribution in [0.3, 0.4) is 0 Å². The molecular formula is C32H36ClFN4O2. The third-order valence-electron chi connectivity index (χ3n) is 8.56. The van der Waals surface area contributed by atoms with E-state index in [-0.39, 0.29) is 28.6 Å². The Morgan fingerprint density at radius 2 is 1.75 bits per heavy atom. The van der Waals surface area contributed by atoms with Crippen molar-refractivity contribution in [2.75, 3.05) is 13.6 Å². The number of carbonyl (C=O) groups is 2. The van der Waals surface area contributed by atoms with Gasteiger partial charge in [0, 0.05) is 42.5 Å². The van der Waals surface area contributed by atoms with Crippen molar-refractivity contribution in [3.63, 3.8) is 0 Å². The van der Waals surface area contributed by atoms with E-state index in [0.717, 1.165) is 66.9 Å². The molecule has 5 rings (SSSR count). The molecule has 0 bridgehead atoms. The number of fused-ring (bicyclic) bond motifs is 1. The molecule has 1 atom stereocenters. The first-order valence-electron chi connectivity index (χ1n) is 14.1. The Hall–Kier alpha value is -3.32. The SMILES string of the molecule is CCN(C(=O)c1c(F)cccc1Cl)[C@@H]1CCc2ccc(C(=O)N(C)C3CCC(c4cc(C)nc(C)n4)CC3)cc21. The van der Waals surface area contributed by atoms with Gasteiger partial charge in [-0.2, -0.15) is 0 Å². The monoisotopic (exact) mass is 562 g/mol. The lowest BCUT2D eigenvalue weighted by atomic mass is 9.83. The average molecular weight is 563 g/mol. The number of aryl methyl sites for hydroxylation is 3. The summed E-state index contributed by atoms with van der Waals surface area (Å²) in [6, 6.07) is 12.1. The first-order chi connectivity index (χ1) is 19.2. The van der Waals surface area contributed by atoms with Crippen molar-refractivity contribution in [1.29, 1.82) is 0 Å².